The highest BCUT2D eigenvalue weighted by Crippen LogP contribution is 2.25. The molecule has 0 fully saturated rings. The van der Waals surface area contributed by atoms with Crippen LogP contribution in [0.3, 0.4) is 0 Å². The molecule has 1 nitrogen and oxygen atoms in total. The van der Waals surface area contributed by atoms with Gasteiger partial charge in [0, 0.05) is 10.0 Å². The molecule has 0 bridgehead atoms. The molecule has 1 N–H and O–H groups in total. The van der Waals surface area contributed by atoms with E-state index >= 15 is 0 Å². The van der Waals surface area contributed by atoms with E-state index in [1.807, 2.05) is 22.6 Å². The number of benzene rings is 1. The van der Waals surface area contributed by atoms with Gasteiger partial charge in [-0.1, -0.05) is 15.9 Å². The lowest BCUT2D eigenvalue weighted by molar-refractivity contribution is 0.194. The van der Waals surface area contributed by atoms with E-state index in [2.05, 4.69) is 15.9 Å². The average molecular weight is 345 g/mol. The lowest BCUT2D eigenvalue weighted by Crippen LogP contribution is -1.98. The predicted octanol–water partition coefficient (Wildman–Crippen LogP) is 3.25. The highest BCUT2D eigenvalue weighted by atomic mass is 127. The van der Waals surface area contributed by atoms with Gasteiger partial charge in [0.05, 0.1) is 9.67 Å². The van der Waals surface area contributed by atoms with E-state index in [0.29, 0.717) is 9.13 Å². The second kappa shape index (κ2) is 4.02. The Morgan fingerprint density at radius 3 is 2.67 bits per heavy atom. The normalized spacial score (nSPS) is 13.1. The maximum atomic E-state index is 13.2. The van der Waals surface area contributed by atoms with Gasteiger partial charge in [0.1, 0.15) is 5.82 Å². The van der Waals surface area contributed by atoms with Gasteiger partial charge in [0.15, 0.2) is 0 Å². The smallest absolute Gasteiger partial charge is 0.142 e. The molecule has 0 radical (unpaired) electrons. The first kappa shape index (κ1) is 10.4. The molecular weight excluding hydrogens is 338 g/mol. The molecule has 0 saturated carbocycles. The zero-order valence-corrected chi connectivity index (χ0v) is 10.1. The molecular formula is C8H7BrFIO. The zero-order chi connectivity index (χ0) is 9.30. The summed E-state index contributed by atoms with van der Waals surface area (Å²) in [6.07, 6.45) is -0.768. The molecule has 4 heteroatoms. The molecule has 0 spiro atoms. The number of hydrogen-bond acceptors (Lipinski definition) is 1. The highest BCUT2D eigenvalue weighted by molar-refractivity contribution is 14.1. The molecule has 1 aromatic carbocycles. The van der Waals surface area contributed by atoms with Crippen LogP contribution in [0.25, 0.3) is 0 Å². The molecule has 0 amide bonds. The fourth-order valence-corrected chi connectivity index (χ4v) is 2.43. The molecule has 1 rings (SSSR count). The van der Waals surface area contributed by atoms with Gasteiger partial charge < -0.3 is 5.11 Å². The number of hydrogen-bond donors (Lipinski definition) is 1. The SMILES string of the molecule is CC(O)c1cc(Br)cc(I)c1F. The van der Waals surface area contributed by atoms with Crippen LogP contribution in [-0.4, -0.2) is 5.11 Å². The molecule has 1 aromatic rings. The minimum absolute atomic E-state index is 0.328. The van der Waals surface area contributed by atoms with Gasteiger partial charge in [0.2, 0.25) is 0 Å². The van der Waals surface area contributed by atoms with E-state index in [-0.39, 0.29) is 5.82 Å². The summed E-state index contributed by atoms with van der Waals surface area (Å²) in [4.78, 5) is 0. The van der Waals surface area contributed by atoms with Crippen LogP contribution in [0.4, 0.5) is 4.39 Å². The lowest BCUT2D eigenvalue weighted by atomic mass is 10.1. The van der Waals surface area contributed by atoms with Gasteiger partial charge in [0.25, 0.3) is 0 Å². The van der Waals surface area contributed by atoms with Gasteiger partial charge in [-0.05, 0) is 41.6 Å². The van der Waals surface area contributed by atoms with Crippen molar-refractivity contribution in [3.63, 3.8) is 0 Å². The van der Waals surface area contributed by atoms with E-state index < -0.39 is 6.10 Å². The fourth-order valence-electron chi connectivity index (χ4n) is 0.880. The minimum Gasteiger partial charge on any atom is -0.389 e. The quantitative estimate of drug-likeness (QED) is 0.612. The third-order valence-corrected chi connectivity index (χ3v) is 2.71. The third kappa shape index (κ3) is 2.17. The molecule has 0 aliphatic heterocycles. The van der Waals surface area contributed by atoms with Crippen LogP contribution in [0.5, 0.6) is 0 Å². The third-order valence-electron chi connectivity index (χ3n) is 1.47. The van der Waals surface area contributed by atoms with Crippen LogP contribution in [0, 0.1) is 9.39 Å². The first-order valence-electron chi connectivity index (χ1n) is 3.35. The molecule has 0 heterocycles. The Bertz CT molecular complexity index is 301. The first-order chi connectivity index (χ1) is 5.52. The summed E-state index contributed by atoms with van der Waals surface area (Å²) in [6.45, 7) is 1.54. The van der Waals surface area contributed by atoms with Crippen molar-refractivity contribution in [2.24, 2.45) is 0 Å². The Labute approximate surface area is 92.3 Å². The fraction of sp³-hybridized carbons (Fsp3) is 0.250. The van der Waals surface area contributed by atoms with Crippen molar-refractivity contribution >= 4 is 38.5 Å². The van der Waals surface area contributed by atoms with Crippen molar-refractivity contribution in [3.05, 3.63) is 31.6 Å². The predicted molar refractivity (Wildman–Crippen MR) is 57.5 cm³/mol. The van der Waals surface area contributed by atoms with Crippen LogP contribution in [-0.2, 0) is 0 Å². The Balaban J connectivity index is 3.28. The van der Waals surface area contributed by atoms with Crippen molar-refractivity contribution in [2.75, 3.05) is 0 Å². The van der Waals surface area contributed by atoms with Crippen molar-refractivity contribution in [3.8, 4) is 0 Å². The molecule has 0 aliphatic carbocycles. The number of aliphatic hydroxyl groups is 1. The van der Waals surface area contributed by atoms with Gasteiger partial charge in [-0.15, -0.1) is 0 Å². The highest BCUT2D eigenvalue weighted by Gasteiger charge is 2.11. The van der Waals surface area contributed by atoms with Gasteiger partial charge in [-0.2, -0.15) is 0 Å². The van der Waals surface area contributed by atoms with E-state index in [0.717, 1.165) is 4.47 Å². The summed E-state index contributed by atoms with van der Waals surface area (Å²) in [5.41, 5.74) is 0.328. The number of rotatable bonds is 1. The van der Waals surface area contributed by atoms with Gasteiger partial charge >= 0.3 is 0 Å². The standard InChI is InChI=1S/C8H7BrFIO/c1-4(12)6-2-5(9)3-7(11)8(6)10/h2-4,12H,1H3. The summed E-state index contributed by atoms with van der Waals surface area (Å²) < 4.78 is 14.5. The maximum Gasteiger partial charge on any atom is 0.142 e. The molecule has 1 unspecified atom stereocenters. The Kier molecular flexibility index (Phi) is 3.48. The molecule has 66 valence electrons. The summed E-state index contributed by atoms with van der Waals surface area (Å²) in [5, 5.41) is 9.19. The van der Waals surface area contributed by atoms with Crippen LogP contribution in [0.1, 0.15) is 18.6 Å². The summed E-state index contributed by atoms with van der Waals surface area (Å²) in [7, 11) is 0. The summed E-state index contributed by atoms with van der Waals surface area (Å²) >= 11 is 5.13. The van der Waals surface area contributed by atoms with Crippen LogP contribution in [0.2, 0.25) is 0 Å². The number of halogens is 3. The van der Waals surface area contributed by atoms with E-state index in [1.165, 1.54) is 0 Å². The Hall–Kier alpha value is 0.320. The van der Waals surface area contributed by atoms with Crippen molar-refractivity contribution < 1.29 is 9.50 Å². The van der Waals surface area contributed by atoms with Crippen molar-refractivity contribution in [2.45, 2.75) is 13.0 Å². The van der Waals surface area contributed by atoms with E-state index in [4.69, 9.17) is 0 Å². The lowest BCUT2D eigenvalue weighted by Gasteiger charge is -2.07. The topological polar surface area (TPSA) is 20.2 Å². The summed E-state index contributed by atoms with van der Waals surface area (Å²) in [6, 6.07) is 3.25. The van der Waals surface area contributed by atoms with Gasteiger partial charge in [-0.25, -0.2) is 4.39 Å². The van der Waals surface area contributed by atoms with Gasteiger partial charge in [-0.3, -0.25) is 0 Å². The molecule has 0 aromatic heterocycles. The van der Waals surface area contributed by atoms with Crippen LogP contribution < -0.4 is 0 Å². The average Bonchev–Trinajstić information content (AvgIpc) is 1.96. The minimum atomic E-state index is -0.768. The Morgan fingerprint density at radius 1 is 1.58 bits per heavy atom. The first-order valence-corrected chi connectivity index (χ1v) is 5.22. The number of aliphatic hydroxyl groups excluding tert-OH is 1. The molecule has 1 atom stereocenters. The van der Waals surface area contributed by atoms with E-state index in [1.54, 1.807) is 19.1 Å². The maximum absolute atomic E-state index is 13.2. The second-order valence-electron chi connectivity index (χ2n) is 2.47. The monoisotopic (exact) mass is 344 g/mol. The molecule has 0 aliphatic rings. The second-order valence-corrected chi connectivity index (χ2v) is 4.54. The van der Waals surface area contributed by atoms with E-state index in [9.17, 15) is 9.50 Å². The zero-order valence-electron chi connectivity index (χ0n) is 6.31. The van der Waals surface area contributed by atoms with Crippen molar-refractivity contribution in [1.82, 2.24) is 0 Å². The van der Waals surface area contributed by atoms with Crippen LogP contribution >= 0.6 is 38.5 Å². The van der Waals surface area contributed by atoms with Crippen molar-refractivity contribution in [1.29, 1.82) is 0 Å². The van der Waals surface area contributed by atoms with Crippen LogP contribution in [0.15, 0.2) is 16.6 Å². The molecule has 12 heavy (non-hydrogen) atoms. The summed E-state index contributed by atoms with van der Waals surface area (Å²) in [5.74, 6) is -0.339. The Morgan fingerprint density at radius 2 is 2.17 bits per heavy atom. The molecule has 0 saturated heterocycles. The largest absolute Gasteiger partial charge is 0.389 e.